The number of benzene rings is 1. The fourth-order valence-corrected chi connectivity index (χ4v) is 4.30. The van der Waals surface area contributed by atoms with Gasteiger partial charge in [0.25, 0.3) is 0 Å². The molecule has 3 aromatic rings. The van der Waals surface area contributed by atoms with Crippen LogP contribution >= 0.6 is 11.8 Å². The van der Waals surface area contributed by atoms with Crippen LogP contribution in [0, 0.1) is 0 Å². The largest absolute Gasteiger partial charge is 0.464 e. The number of thioether (sulfide) groups is 1. The van der Waals surface area contributed by atoms with E-state index in [1.165, 1.54) is 17.1 Å². The van der Waals surface area contributed by atoms with Crippen LogP contribution in [0.5, 0.6) is 6.01 Å². The van der Waals surface area contributed by atoms with Gasteiger partial charge in [-0.2, -0.15) is 21.7 Å². The number of nitrogens with two attached hydrogens (primary N) is 1. The molecule has 0 bridgehead atoms. The molecule has 3 heterocycles. The minimum Gasteiger partial charge on any atom is -0.464 e. The van der Waals surface area contributed by atoms with Crippen molar-refractivity contribution in [2.45, 2.75) is 20.0 Å². The number of rotatable bonds is 6. The number of hydrogen-bond acceptors (Lipinski definition) is 7. The number of aromatic nitrogens is 4. The van der Waals surface area contributed by atoms with E-state index in [0.717, 1.165) is 25.2 Å². The molecule has 9 heteroatoms. The van der Waals surface area contributed by atoms with Crippen LogP contribution in [0.25, 0.3) is 11.2 Å². The second kappa shape index (κ2) is 8.24. The first kappa shape index (κ1) is 18.8. The smallest absolute Gasteiger partial charge is 0.328 e. The number of H-pyrrole nitrogens is 1. The van der Waals surface area contributed by atoms with Crippen LogP contribution < -0.4 is 16.2 Å². The molecule has 0 amide bonds. The summed E-state index contributed by atoms with van der Waals surface area (Å²) in [6, 6.07) is 8.56. The second-order valence-corrected chi connectivity index (χ2v) is 7.97. The topological polar surface area (TPSA) is 102 Å². The van der Waals surface area contributed by atoms with Crippen LogP contribution in [-0.4, -0.2) is 55.6 Å². The molecule has 1 saturated heterocycles. The monoisotopic (exact) mass is 400 g/mol. The third-order valence-corrected chi connectivity index (χ3v) is 5.72. The Balaban J connectivity index is 1.55. The van der Waals surface area contributed by atoms with E-state index in [4.69, 9.17) is 10.5 Å². The fraction of sp³-hybridized carbons (Fsp3) is 0.421. The van der Waals surface area contributed by atoms with E-state index in [2.05, 4.69) is 44.1 Å². The Hall–Kier alpha value is -2.52. The lowest BCUT2D eigenvalue weighted by molar-refractivity contribution is 0.294. The van der Waals surface area contributed by atoms with Gasteiger partial charge >= 0.3 is 11.7 Å². The van der Waals surface area contributed by atoms with Gasteiger partial charge in [-0.3, -0.25) is 9.47 Å². The number of nitrogen functional groups attached to an aromatic ring is 1. The molecule has 148 valence electrons. The molecule has 1 aliphatic heterocycles. The summed E-state index contributed by atoms with van der Waals surface area (Å²) in [4.78, 5) is 26.1. The van der Waals surface area contributed by atoms with E-state index < -0.39 is 0 Å². The lowest BCUT2D eigenvalue weighted by Gasteiger charge is -2.26. The number of fused-ring (bicyclic) bond motifs is 1. The Kier molecular flexibility index (Phi) is 5.54. The minimum absolute atomic E-state index is 0.176. The zero-order chi connectivity index (χ0) is 19.5. The predicted octanol–water partition coefficient (Wildman–Crippen LogP) is 1.70. The quantitative estimate of drug-likeness (QED) is 0.649. The van der Waals surface area contributed by atoms with Gasteiger partial charge in [-0.25, -0.2) is 4.79 Å². The van der Waals surface area contributed by atoms with Crippen LogP contribution in [-0.2, 0) is 13.1 Å². The first-order chi connectivity index (χ1) is 13.6. The summed E-state index contributed by atoms with van der Waals surface area (Å²) in [7, 11) is 0. The van der Waals surface area contributed by atoms with Gasteiger partial charge in [0, 0.05) is 31.1 Å². The molecule has 0 aliphatic carbocycles. The molecule has 28 heavy (non-hydrogen) atoms. The summed E-state index contributed by atoms with van der Waals surface area (Å²) in [6.45, 7) is 5.92. The normalized spacial score (nSPS) is 15.2. The molecule has 2 aromatic heterocycles. The maximum Gasteiger partial charge on any atom is 0.328 e. The number of aromatic amines is 1. The van der Waals surface area contributed by atoms with Gasteiger partial charge in [-0.05, 0) is 18.1 Å². The maximum atomic E-state index is 12.4. The van der Waals surface area contributed by atoms with Gasteiger partial charge in [0.05, 0.1) is 13.2 Å². The number of ether oxygens (including phenoxy) is 1. The van der Waals surface area contributed by atoms with Gasteiger partial charge in [0.2, 0.25) is 0 Å². The van der Waals surface area contributed by atoms with Crippen molar-refractivity contribution in [3.8, 4) is 6.01 Å². The molecule has 1 fully saturated rings. The molecule has 0 unspecified atom stereocenters. The van der Waals surface area contributed by atoms with Gasteiger partial charge in [-0.15, -0.1) is 0 Å². The maximum absolute atomic E-state index is 12.4. The summed E-state index contributed by atoms with van der Waals surface area (Å²) in [5.74, 6) is 2.62. The van der Waals surface area contributed by atoms with Gasteiger partial charge in [0.15, 0.2) is 11.5 Å². The summed E-state index contributed by atoms with van der Waals surface area (Å²) in [6.07, 6.45) is 0. The first-order valence-electron chi connectivity index (χ1n) is 9.41. The Bertz CT molecular complexity index is 1010. The van der Waals surface area contributed by atoms with Crippen LogP contribution in [0.4, 0.5) is 5.82 Å². The van der Waals surface area contributed by atoms with E-state index in [9.17, 15) is 4.79 Å². The van der Waals surface area contributed by atoms with Gasteiger partial charge in [0.1, 0.15) is 5.52 Å². The van der Waals surface area contributed by atoms with Crippen molar-refractivity contribution in [1.82, 2.24) is 24.4 Å². The van der Waals surface area contributed by atoms with E-state index in [1.807, 2.05) is 18.7 Å². The third-order valence-electron chi connectivity index (χ3n) is 4.78. The van der Waals surface area contributed by atoms with Crippen molar-refractivity contribution >= 4 is 28.7 Å². The zero-order valence-corrected chi connectivity index (χ0v) is 16.7. The van der Waals surface area contributed by atoms with Crippen molar-refractivity contribution in [2.75, 3.05) is 36.9 Å². The third kappa shape index (κ3) is 4.00. The molecule has 0 atom stereocenters. The molecular formula is C19H24N6O2S. The lowest BCUT2D eigenvalue weighted by Crippen LogP contribution is -2.31. The predicted molar refractivity (Wildman–Crippen MR) is 112 cm³/mol. The molecule has 0 saturated carbocycles. The van der Waals surface area contributed by atoms with E-state index in [0.29, 0.717) is 24.3 Å². The van der Waals surface area contributed by atoms with Crippen molar-refractivity contribution in [3.05, 3.63) is 45.9 Å². The first-order valence-corrected chi connectivity index (χ1v) is 10.6. The summed E-state index contributed by atoms with van der Waals surface area (Å²) >= 11 is 2.02. The van der Waals surface area contributed by atoms with Crippen molar-refractivity contribution in [2.24, 2.45) is 0 Å². The number of anilines is 1. The Morgan fingerprint density at radius 3 is 2.50 bits per heavy atom. The number of nitrogens with one attached hydrogen (secondary N) is 1. The summed E-state index contributed by atoms with van der Waals surface area (Å²) in [5.41, 5.74) is 8.89. The summed E-state index contributed by atoms with van der Waals surface area (Å²) < 4.78 is 6.92. The molecule has 8 nitrogen and oxygen atoms in total. The number of imidazole rings is 1. The number of hydrogen-bond donors (Lipinski definition) is 2. The van der Waals surface area contributed by atoms with Gasteiger partial charge in [-0.1, -0.05) is 24.3 Å². The van der Waals surface area contributed by atoms with E-state index in [-0.39, 0.29) is 17.5 Å². The molecule has 0 spiro atoms. The fourth-order valence-electron chi connectivity index (χ4n) is 3.32. The molecule has 1 aliphatic rings. The van der Waals surface area contributed by atoms with Crippen LogP contribution in [0.3, 0.4) is 0 Å². The average molecular weight is 401 g/mol. The van der Waals surface area contributed by atoms with E-state index in [1.54, 1.807) is 4.57 Å². The zero-order valence-electron chi connectivity index (χ0n) is 15.9. The molecular weight excluding hydrogens is 376 g/mol. The highest BCUT2D eigenvalue weighted by Gasteiger charge is 2.15. The van der Waals surface area contributed by atoms with E-state index >= 15 is 0 Å². The summed E-state index contributed by atoms with van der Waals surface area (Å²) in [5, 5.41) is 0. The molecule has 3 N–H and O–H groups in total. The van der Waals surface area contributed by atoms with Crippen molar-refractivity contribution in [1.29, 1.82) is 0 Å². The second-order valence-electron chi connectivity index (χ2n) is 6.74. The van der Waals surface area contributed by atoms with Crippen LogP contribution in [0.1, 0.15) is 18.1 Å². The highest BCUT2D eigenvalue weighted by molar-refractivity contribution is 7.99. The average Bonchev–Trinajstić information content (AvgIpc) is 3.01. The number of nitrogens with zero attached hydrogens (tertiary/aromatic N) is 4. The molecule has 4 rings (SSSR count). The van der Waals surface area contributed by atoms with Crippen LogP contribution in [0.2, 0.25) is 0 Å². The van der Waals surface area contributed by atoms with Crippen molar-refractivity contribution in [3.63, 3.8) is 0 Å². The standard InChI is InChI=1S/C19H24N6O2S/c1-2-27-18-22-16(20)15-17(23-18)25(19(26)21-15)12-14-5-3-13(4-6-14)11-24-7-9-28-10-8-24/h3-6H,2,7-12H2,1H3,(H,21,26)(H2,20,22,23). The molecule has 1 aromatic carbocycles. The van der Waals surface area contributed by atoms with Crippen LogP contribution in [0.15, 0.2) is 29.1 Å². The van der Waals surface area contributed by atoms with Crippen molar-refractivity contribution < 1.29 is 4.74 Å². The lowest BCUT2D eigenvalue weighted by atomic mass is 10.1. The highest BCUT2D eigenvalue weighted by atomic mass is 32.2. The Morgan fingerprint density at radius 2 is 1.82 bits per heavy atom. The molecule has 0 radical (unpaired) electrons. The SMILES string of the molecule is CCOc1nc(N)c2[nH]c(=O)n(Cc3ccc(CN4CCSCC4)cc3)c2n1. The Labute approximate surface area is 167 Å². The Morgan fingerprint density at radius 1 is 1.14 bits per heavy atom. The van der Waals surface area contributed by atoms with Gasteiger partial charge < -0.3 is 15.5 Å². The highest BCUT2D eigenvalue weighted by Crippen LogP contribution is 2.19. The minimum atomic E-state index is -0.264.